The van der Waals surface area contributed by atoms with Crippen molar-refractivity contribution >= 4 is 17.5 Å². The monoisotopic (exact) mass is 337 g/mol. The third-order valence-electron chi connectivity index (χ3n) is 3.80. The van der Waals surface area contributed by atoms with Gasteiger partial charge in [0.1, 0.15) is 11.9 Å². The summed E-state index contributed by atoms with van der Waals surface area (Å²) in [6.07, 6.45) is 4.37. The fourth-order valence-electron chi connectivity index (χ4n) is 2.70. The summed E-state index contributed by atoms with van der Waals surface area (Å²) in [6.45, 7) is 6.10. The first kappa shape index (κ1) is 16.0. The summed E-state index contributed by atoms with van der Waals surface area (Å²) in [4.78, 5) is 22.1. The van der Waals surface area contributed by atoms with Gasteiger partial charge in [-0.1, -0.05) is 18.5 Å². The van der Waals surface area contributed by atoms with Gasteiger partial charge in [-0.3, -0.25) is 9.48 Å². The Morgan fingerprint density at radius 3 is 3.09 bits per heavy atom. The van der Waals surface area contributed by atoms with Crippen LogP contribution in [0.2, 0.25) is 5.02 Å². The number of rotatable bonds is 4. The van der Waals surface area contributed by atoms with Crippen molar-refractivity contribution in [2.24, 2.45) is 0 Å². The van der Waals surface area contributed by atoms with Crippen LogP contribution in [0, 0.1) is 6.92 Å². The van der Waals surface area contributed by atoms with Crippen LogP contribution in [0.15, 0.2) is 12.4 Å². The molecule has 0 unspecified atom stereocenters. The minimum absolute atomic E-state index is 0.188. The molecule has 0 radical (unpaired) electrons. The summed E-state index contributed by atoms with van der Waals surface area (Å²) in [7, 11) is 0. The van der Waals surface area contributed by atoms with E-state index in [0.29, 0.717) is 24.8 Å². The summed E-state index contributed by atoms with van der Waals surface area (Å²) < 4.78 is 7.23. The lowest BCUT2D eigenvalue weighted by molar-refractivity contribution is -0.00535. The zero-order valence-electron chi connectivity index (χ0n) is 13.3. The van der Waals surface area contributed by atoms with Crippen molar-refractivity contribution < 1.29 is 9.53 Å². The Balaban J connectivity index is 1.86. The van der Waals surface area contributed by atoms with E-state index in [0.717, 1.165) is 24.5 Å². The quantitative estimate of drug-likeness (QED) is 0.927. The third-order valence-corrected chi connectivity index (χ3v) is 4.08. The number of nitrogens with zero attached hydrogens (tertiary/aromatic N) is 4. The molecule has 0 saturated carbocycles. The number of H-pyrrole nitrogens is 1. The smallest absolute Gasteiger partial charge is 0.276 e. The third kappa shape index (κ3) is 3.25. The van der Waals surface area contributed by atoms with Crippen molar-refractivity contribution in [3.63, 3.8) is 0 Å². The van der Waals surface area contributed by atoms with Crippen molar-refractivity contribution in [3.8, 4) is 0 Å². The standard InChI is InChI=1S/C15H20ClN5O2/c1-3-4-20-8-11(16)13(19-20)15(22)21-5-6-23-9-12(21)14-17-7-10(2)18-14/h7-8,12H,3-6,9H2,1-2H3,(H,17,18)/t12-/m0/s1. The number of hydrogen-bond donors (Lipinski definition) is 1. The van der Waals surface area contributed by atoms with Crippen LogP contribution in [-0.2, 0) is 11.3 Å². The first-order valence-corrected chi connectivity index (χ1v) is 8.11. The maximum atomic E-state index is 12.9. The molecule has 0 spiro atoms. The highest BCUT2D eigenvalue weighted by Gasteiger charge is 2.33. The Kier molecular flexibility index (Phi) is 4.68. The number of morpholine rings is 1. The van der Waals surface area contributed by atoms with E-state index < -0.39 is 0 Å². The zero-order valence-corrected chi connectivity index (χ0v) is 14.0. The van der Waals surface area contributed by atoms with Crippen LogP contribution in [0.1, 0.15) is 41.4 Å². The molecular formula is C15H20ClN5O2. The van der Waals surface area contributed by atoms with E-state index in [1.807, 2.05) is 13.8 Å². The number of imidazole rings is 1. The Morgan fingerprint density at radius 2 is 2.39 bits per heavy atom. The minimum atomic E-state index is -0.252. The summed E-state index contributed by atoms with van der Waals surface area (Å²) in [5.74, 6) is 0.534. The van der Waals surface area contributed by atoms with Crippen LogP contribution in [0.25, 0.3) is 0 Å². The van der Waals surface area contributed by atoms with Gasteiger partial charge in [0.25, 0.3) is 5.91 Å². The first-order valence-electron chi connectivity index (χ1n) is 7.73. The Bertz CT molecular complexity index is 696. The highest BCUT2D eigenvalue weighted by atomic mass is 35.5. The number of aromatic nitrogens is 4. The predicted molar refractivity (Wildman–Crippen MR) is 85.4 cm³/mol. The molecule has 1 aliphatic rings. The van der Waals surface area contributed by atoms with Gasteiger partial charge in [0.05, 0.1) is 18.2 Å². The van der Waals surface area contributed by atoms with E-state index in [1.54, 1.807) is 22.0 Å². The maximum Gasteiger partial charge on any atom is 0.276 e. The van der Waals surface area contributed by atoms with E-state index in [2.05, 4.69) is 15.1 Å². The topological polar surface area (TPSA) is 76.0 Å². The molecule has 8 heteroatoms. The lowest BCUT2D eigenvalue weighted by atomic mass is 10.2. The molecule has 2 aromatic heterocycles. The van der Waals surface area contributed by atoms with E-state index in [1.165, 1.54) is 0 Å². The molecule has 1 N–H and O–H groups in total. The fraction of sp³-hybridized carbons (Fsp3) is 0.533. The number of carbonyl (C=O) groups excluding carboxylic acids is 1. The minimum Gasteiger partial charge on any atom is -0.377 e. The largest absolute Gasteiger partial charge is 0.377 e. The number of carbonyl (C=O) groups is 1. The van der Waals surface area contributed by atoms with Crippen molar-refractivity contribution in [2.45, 2.75) is 32.9 Å². The normalized spacial score (nSPS) is 18.4. The van der Waals surface area contributed by atoms with Gasteiger partial charge in [-0.15, -0.1) is 0 Å². The van der Waals surface area contributed by atoms with E-state index in [-0.39, 0.29) is 17.6 Å². The molecule has 1 atom stereocenters. The van der Waals surface area contributed by atoms with Gasteiger partial charge in [0.2, 0.25) is 0 Å². The van der Waals surface area contributed by atoms with Crippen LogP contribution in [-0.4, -0.2) is 50.3 Å². The molecular weight excluding hydrogens is 318 g/mol. The molecule has 1 saturated heterocycles. The Morgan fingerprint density at radius 1 is 1.57 bits per heavy atom. The predicted octanol–water partition coefficient (Wildman–Crippen LogP) is 2.19. The number of aryl methyl sites for hydroxylation is 2. The molecule has 23 heavy (non-hydrogen) atoms. The highest BCUT2D eigenvalue weighted by Crippen LogP contribution is 2.26. The molecule has 3 rings (SSSR count). The van der Waals surface area contributed by atoms with Crippen molar-refractivity contribution in [2.75, 3.05) is 19.8 Å². The average Bonchev–Trinajstić information content (AvgIpc) is 3.13. The SMILES string of the molecule is CCCn1cc(Cl)c(C(=O)N2CCOC[C@H]2c2ncc(C)[nH]2)n1. The molecule has 0 aliphatic carbocycles. The molecule has 1 fully saturated rings. The van der Waals surface area contributed by atoms with Crippen molar-refractivity contribution in [1.29, 1.82) is 0 Å². The molecule has 3 heterocycles. The van der Waals surface area contributed by atoms with Gasteiger partial charge < -0.3 is 14.6 Å². The summed E-state index contributed by atoms with van der Waals surface area (Å²) in [5.41, 5.74) is 1.23. The van der Waals surface area contributed by atoms with Crippen molar-refractivity contribution in [1.82, 2.24) is 24.6 Å². The van der Waals surface area contributed by atoms with E-state index in [9.17, 15) is 4.79 Å². The number of hydrogen-bond acceptors (Lipinski definition) is 4. The number of nitrogens with one attached hydrogen (secondary N) is 1. The van der Waals surface area contributed by atoms with E-state index >= 15 is 0 Å². The average molecular weight is 338 g/mol. The fourth-order valence-corrected chi connectivity index (χ4v) is 2.93. The number of aromatic amines is 1. The second-order valence-corrected chi connectivity index (χ2v) is 6.04. The van der Waals surface area contributed by atoms with Gasteiger partial charge in [0.15, 0.2) is 5.69 Å². The first-order chi connectivity index (χ1) is 11.1. The summed E-state index contributed by atoms with van der Waals surface area (Å²) in [6, 6.07) is -0.252. The van der Waals surface area contributed by atoms with Crippen LogP contribution < -0.4 is 0 Å². The molecule has 7 nitrogen and oxygen atoms in total. The zero-order chi connectivity index (χ0) is 16.4. The lowest BCUT2D eigenvalue weighted by Crippen LogP contribution is -2.44. The van der Waals surface area contributed by atoms with Gasteiger partial charge >= 0.3 is 0 Å². The summed E-state index contributed by atoms with van der Waals surface area (Å²) in [5, 5.41) is 4.71. The lowest BCUT2D eigenvalue weighted by Gasteiger charge is -2.34. The maximum absolute atomic E-state index is 12.9. The number of amides is 1. The van der Waals surface area contributed by atoms with Gasteiger partial charge in [-0.2, -0.15) is 5.10 Å². The van der Waals surface area contributed by atoms with Gasteiger partial charge in [0, 0.05) is 31.2 Å². The van der Waals surface area contributed by atoms with E-state index in [4.69, 9.17) is 16.3 Å². The molecule has 1 amide bonds. The second-order valence-electron chi connectivity index (χ2n) is 5.63. The van der Waals surface area contributed by atoms with Crippen LogP contribution >= 0.6 is 11.6 Å². The van der Waals surface area contributed by atoms with Crippen LogP contribution in [0.4, 0.5) is 0 Å². The van der Waals surface area contributed by atoms with Crippen LogP contribution in [0.3, 0.4) is 0 Å². The molecule has 0 bridgehead atoms. The number of ether oxygens (including phenoxy) is 1. The van der Waals surface area contributed by atoms with Crippen molar-refractivity contribution in [3.05, 3.63) is 34.6 Å². The Labute approximate surface area is 139 Å². The van der Waals surface area contributed by atoms with Gasteiger partial charge in [-0.25, -0.2) is 4.98 Å². The van der Waals surface area contributed by atoms with Crippen LogP contribution in [0.5, 0.6) is 0 Å². The molecule has 0 aromatic carbocycles. The molecule has 124 valence electrons. The second kappa shape index (κ2) is 6.72. The summed E-state index contributed by atoms with van der Waals surface area (Å²) >= 11 is 6.21. The Hall–Kier alpha value is -1.86. The molecule has 2 aromatic rings. The highest BCUT2D eigenvalue weighted by molar-refractivity contribution is 6.33. The van der Waals surface area contributed by atoms with Gasteiger partial charge in [-0.05, 0) is 13.3 Å². The number of halogens is 1. The molecule has 1 aliphatic heterocycles.